The largest absolute Gasteiger partial charge is 0.534 e. The molecule has 1 aromatic carbocycles. The minimum atomic E-state index is -5.74. The fourth-order valence-corrected chi connectivity index (χ4v) is 8.40. The average molecular weight is 555 g/mol. The molecule has 0 bridgehead atoms. The van der Waals surface area contributed by atoms with Crippen molar-refractivity contribution in [3.63, 3.8) is 0 Å². The van der Waals surface area contributed by atoms with Gasteiger partial charge < -0.3 is 18.8 Å². The highest BCUT2D eigenvalue weighted by molar-refractivity contribution is 7.88. The Kier molecular flexibility index (Phi) is 5.93. The van der Waals surface area contributed by atoms with Crippen LogP contribution in [0.1, 0.15) is 63.9 Å². The van der Waals surface area contributed by atoms with Crippen molar-refractivity contribution in [3.05, 3.63) is 53.1 Å². The fraction of sp³-hybridized carbons (Fsp3) is 0.643. The van der Waals surface area contributed by atoms with E-state index in [0.717, 1.165) is 31.2 Å². The maximum Gasteiger partial charge on any atom is 0.534 e. The van der Waals surface area contributed by atoms with Crippen LogP contribution in [0.2, 0.25) is 0 Å². The third-order valence-electron chi connectivity index (χ3n) is 10.00. The van der Waals surface area contributed by atoms with Gasteiger partial charge in [-0.15, -0.1) is 0 Å². The first-order chi connectivity index (χ1) is 17.8. The molecule has 1 spiro atoms. The van der Waals surface area contributed by atoms with Crippen LogP contribution < -0.4 is 4.18 Å². The molecular formula is C28H33F3O6S. The van der Waals surface area contributed by atoms with E-state index in [9.17, 15) is 26.7 Å². The van der Waals surface area contributed by atoms with Crippen LogP contribution >= 0.6 is 0 Å². The van der Waals surface area contributed by atoms with Gasteiger partial charge in [0.15, 0.2) is 5.79 Å². The van der Waals surface area contributed by atoms with Crippen LogP contribution in [0, 0.1) is 23.2 Å². The number of benzene rings is 1. The lowest BCUT2D eigenvalue weighted by Crippen LogP contribution is -2.52. The minimum Gasteiger partial charge on any atom is -0.389 e. The summed E-state index contributed by atoms with van der Waals surface area (Å²) in [6.45, 7) is 5.21. The molecule has 0 amide bonds. The third kappa shape index (κ3) is 3.97. The second kappa shape index (κ2) is 8.56. The number of aliphatic hydroxyl groups is 1. The van der Waals surface area contributed by atoms with Crippen LogP contribution in [-0.2, 0) is 19.6 Å². The Balaban J connectivity index is 1.35. The molecule has 38 heavy (non-hydrogen) atoms. The first-order valence-corrected chi connectivity index (χ1v) is 14.7. The highest BCUT2D eigenvalue weighted by Gasteiger charge is 2.60. The normalized spacial score (nSPS) is 38.2. The highest BCUT2D eigenvalue weighted by atomic mass is 32.2. The molecular weight excluding hydrogens is 521 g/mol. The van der Waals surface area contributed by atoms with E-state index in [1.165, 1.54) is 23.3 Å². The number of ether oxygens (including phenoxy) is 2. The molecule has 4 aliphatic carbocycles. The lowest BCUT2D eigenvalue weighted by Gasteiger charge is -2.57. The standard InChI is InChI=1S/C28H33F3O6S/c1-25-16-22(17-3-6-19(7-4-17)37-38(33,34)28(29,30)31)24-20-9-12-27(35-13-14-36-27)15-18(20)5-8-21(24)23(25)10-11-26(25,2)32/h3-7,10,20-22,24,32H,8-9,11-16H2,1-2H3/t20-,21-,22+,24+,25-,26-/m0/s1. The first-order valence-electron chi connectivity index (χ1n) is 13.3. The Morgan fingerprint density at radius 3 is 2.37 bits per heavy atom. The smallest absolute Gasteiger partial charge is 0.389 e. The van der Waals surface area contributed by atoms with Gasteiger partial charge in [-0.1, -0.05) is 42.4 Å². The molecule has 1 saturated heterocycles. The Hall–Kier alpha value is -1.88. The summed E-state index contributed by atoms with van der Waals surface area (Å²) in [4.78, 5) is 0. The van der Waals surface area contributed by atoms with Crippen molar-refractivity contribution in [2.45, 2.75) is 75.2 Å². The molecule has 5 aliphatic rings. The summed E-state index contributed by atoms with van der Waals surface area (Å²) in [5.74, 6) is -0.108. The number of alkyl halides is 3. The van der Waals surface area contributed by atoms with E-state index in [0.29, 0.717) is 32.0 Å². The van der Waals surface area contributed by atoms with E-state index in [4.69, 9.17) is 9.47 Å². The van der Waals surface area contributed by atoms with Crippen LogP contribution in [0.4, 0.5) is 13.2 Å². The van der Waals surface area contributed by atoms with Crippen LogP contribution in [-0.4, -0.2) is 43.6 Å². The minimum absolute atomic E-state index is 0.0214. The van der Waals surface area contributed by atoms with Gasteiger partial charge in [-0.05, 0) is 74.0 Å². The predicted octanol–water partition coefficient (Wildman–Crippen LogP) is 5.60. The maximum atomic E-state index is 12.8. The molecule has 1 N–H and O–H groups in total. The van der Waals surface area contributed by atoms with Crippen LogP contribution in [0.3, 0.4) is 0 Å². The second-order valence-corrected chi connectivity index (χ2v) is 13.5. The molecule has 1 heterocycles. The molecule has 10 heteroatoms. The number of rotatable bonds is 3. The molecule has 0 aromatic heterocycles. The quantitative estimate of drug-likeness (QED) is 0.298. The van der Waals surface area contributed by atoms with Gasteiger partial charge in [0.1, 0.15) is 5.75 Å². The Labute approximate surface area is 221 Å². The maximum absolute atomic E-state index is 12.8. The third-order valence-corrected chi connectivity index (χ3v) is 11.0. The van der Waals surface area contributed by atoms with Gasteiger partial charge in [-0.2, -0.15) is 21.6 Å². The van der Waals surface area contributed by atoms with E-state index < -0.39 is 32.4 Å². The Bertz CT molecular complexity index is 1280. The highest BCUT2D eigenvalue weighted by Crippen LogP contribution is 2.66. The van der Waals surface area contributed by atoms with Gasteiger partial charge in [0, 0.05) is 18.3 Å². The number of hydrogen-bond acceptors (Lipinski definition) is 6. The average Bonchev–Trinajstić information content (AvgIpc) is 3.39. The fourth-order valence-electron chi connectivity index (χ4n) is 7.94. The van der Waals surface area contributed by atoms with Crippen molar-refractivity contribution in [3.8, 4) is 5.75 Å². The SMILES string of the molecule is C[C@]1(O)CC=C2[C@@H]3CC=C4CC5(CC[C@@H]4[C@H]3[C@@H](c3ccc(OS(=O)(=O)C(F)(F)F)cc3)C[C@@]21C)OCCO5. The Morgan fingerprint density at radius 1 is 1.03 bits per heavy atom. The summed E-state index contributed by atoms with van der Waals surface area (Å²) in [6.07, 6.45) is 9.15. The van der Waals surface area contributed by atoms with Crippen LogP contribution in [0.15, 0.2) is 47.6 Å². The number of allylic oxidation sites excluding steroid dienone is 1. The lowest BCUT2D eigenvalue weighted by molar-refractivity contribution is -0.175. The zero-order valence-corrected chi connectivity index (χ0v) is 22.3. The zero-order chi connectivity index (χ0) is 27.1. The van der Waals surface area contributed by atoms with Crippen molar-refractivity contribution in [1.29, 1.82) is 0 Å². The summed E-state index contributed by atoms with van der Waals surface area (Å²) in [5, 5.41) is 11.4. The molecule has 3 fully saturated rings. The summed E-state index contributed by atoms with van der Waals surface area (Å²) in [6, 6.07) is 5.94. The summed E-state index contributed by atoms with van der Waals surface area (Å²) < 4.78 is 77.8. The van der Waals surface area contributed by atoms with Crippen LogP contribution in [0.5, 0.6) is 5.75 Å². The van der Waals surface area contributed by atoms with Gasteiger partial charge in [0.25, 0.3) is 0 Å². The van der Waals surface area contributed by atoms with Gasteiger partial charge >= 0.3 is 15.6 Å². The van der Waals surface area contributed by atoms with E-state index in [-0.39, 0.29) is 23.5 Å². The van der Waals surface area contributed by atoms with Gasteiger partial charge in [0.05, 0.1) is 18.8 Å². The summed E-state index contributed by atoms with van der Waals surface area (Å²) in [7, 11) is -5.74. The molecule has 208 valence electrons. The number of hydrogen-bond donors (Lipinski definition) is 1. The van der Waals surface area contributed by atoms with Crippen molar-refractivity contribution in [1.82, 2.24) is 0 Å². The van der Waals surface area contributed by atoms with Crippen molar-refractivity contribution >= 4 is 10.1 Å². The summed E-state index contributed by atoms with van der Waals surface area (Å²) >= 11 is 0. The van der Waals surface area contributed by atoms with Crippen LogP contribution in [0.25, 0.3) is 0 Å². The van der Waals surface area contributed by atoms with E-state index in [2.05, 4.69) is 23.3 Å². The molecule has 0 radical (unpaired) electrons. The number of fused-ring (bicyclic) bond motifs is 5. The molecule has 1 aliphatic heterocycles. The van der Waals surface area contributed by atoms with Crippen molar-refractivity contribution in [2.75, 3.05) is 13.2 Å². The number of halogens is 3. The van der Waals surface area contributed by atoms with Gasteiger partial charge in [-0.3, -0.25) is 0 Å². The topological polar surface area (TPSA) is 82.1 Å². The summed E-state index contributed by atoms with van der Waals surface area (Å²) in [5.41, 5.74) is -3.27. The molecule has 0 unspecified atom stereocenters. The molecule has 6 nitrogen and oxygen atoms in total. The van der Waals surface area contributed by atoms with E-state index in [1.807, 2.05) is 6.92 Å². The molecule has 6 atom stereocenters. The first kappa shape index (κ1) is 26.3. The van der Waals surface area contributed by atoms with E-state index in [1.54, 1.807) is 12.1 Å². The predicted molar refractivity (Wildman–Crippen MR) is 132 cm³/mol. The zero-order valence-electron chi connectivity index (χ0n) is 21.5. The second-order valence-electron chi connectivity index (χ2n) is 12.0. The molecule has 6 rings (SSSR count). The monoisotopic (exact) mass is 554 g/mol. The Morgan fingerprint density at radius 2 is 1.71 bits per heavy atom. The van der Waals surface area contributed by atoms with Gasteiger partial charge in [0.2, 0.25) is 0 Å². The lowest BCUT2D eigenvalue weighted by atomic mass is 9.48. The molecule has 1 aromatic rings. The van der Waals surface area contributed by atoms with Gasteiger partial charge in [-0.25, -0.2) is 0 Å². The van der Waals surface area contributed by atoms with Crippen molar-refractivity contribution in [2.24, 2.45) is 23.2 Å². The van der Waals surface area contributed by atoms with E-state index >= 15 is 0 Å². The molecule has 2 saturated carbocycles. The van der Waals surface area contributed by atoms with Crippen molar-refractivity contribution < 1.29 is 40.4 Å².